The highest BCUT2D eigenvalue weighted by Gasteiger charge is 2.25. The van der Waals surface area contributed by atoms with Gasteiger partial charge in [-0.15, -0.1) is 0 Å². The van der Waals surface area contributed by atoms with Gasteiger partial charge in [0.25, 0.3) is 10.1 Å². The van der Waals surface area contributed by atoms with E-state index in [1.807, 2.05) is 6.92 Å². The molecule has 1 aromatic rings. The zero-order valence-corrected chi connectivity index (χ0v) is 10.6. The molecule has 0 spiro atoms. The Morgan fingerprint density at radius 3 is 2.61 bits per heavy atom. The molecule has 0 saturated carbocycles. The lowest BCUT2D eigenvalue weighted by molar-refractivity contribution is 0.107. The van der Waals surface area contributed by atoms with E-state index in [4.69, 9.17) is 8.92 Å². The van der Waals surface area contributed by atoms with Crippen molar-refractivity contribution in [3.63, 3.8) is 0 Å². The summed E-state index contributed by atoms with van der Waals surface area (Å²) in [6, 6.07) is 6.33. The largest absolute Gasteiger partial charge is 0.442 e. The fourth-order valence-electron chi connectivity index (χ4n) is 1.46. The van der Waals surface area contributed by atoms with Crippen LogP contribution in [0, 0.1) is 6.92 Å². The number of amides is 1. The minimum absolute atomic E-state index is 0.0883. The highest BCUT2D eigenvalue weighted by molar-refractivity contribution is 7.86. The van der Waals surface area contributed by atoms with Crippen molar-refractivity contribution in [3.8, 4) is 0 Å². The predicted molar refractivity (Wildman–Crippen MR) is 62.6 cm³/mol. The highest BCUT2D eigenvalue weighted by Crippen LogP contribution is 2.14. The molecule has 0 bridgehead atoms. The summed E-state index contributed by atoms with van der Waals surface area (Å²) < 4.78 is 33.2. The van der Waals surface area contributed by atoms with Gasteiger partial charge in [0.2, 0.25) is 0 Å². The Morgan fingerprint density at radius 1 is 1.39 bits per heavy atom. The zero-order valence-electron chi connectivity index (χ0n) is 9.75. The Kier molecular flexibility index (Phi) is 3.53. The van der Waals surface area contributed by atoms with Gasteiger partial charge in [-0.1, -0.05) is 17.7 Å². The van der Waals surface area contributed by atoms with E-state index < -0.39 is 22.3 Å². The first-order valence-electron chi connectivity index (χ1n) is 5.38. The summed E-state index contributed by atoms with van der Waals surface area (Å²) in [6.07, 6.45) is -1.13. The third-order valence-corrected chi connectivity index (χ3v) is 3.76. The van der Waals surface area contributed by atoms with Crippen molar-refractivity contribution in [1.29, 1.82) is 0 Å². The van der Waals surface area contributed by atoms with Crippen LogP contribution >= 0.6 is 0 Å². The van der Waals surface area contributed by atoms with Crippen LogP contribution < -0.4 is 5.32 Å². The Labute approximate surface area is 105 Å². The third kappa shape index (κ3) is 2.99. The first kappa shape index (κ1) is 12.8. The molecule has 1 aliphatic rings. The van der Waals surface area contributed by atoms with Crippen LogP contribution in [0.1, 0.15) is 5.56 Å². The molecule has 1 heterocycles. The van der Waals surface area contributed by atoms with E-state index in [9.17, 15) is 13.2 Å². The van der Waals surface area contributed by atoms with Gasteiger partial charge in [0.15, 0.2) is 0 Å². The average molecular weight is 271 g/mol. The quantitative estimate of drug-likeness (QED) is 0.819. The molecule has 6 nitrogen and oxygen atoms in total. The summed E-state index contributed by atoms with van der Waals surface area (Å²) in [7, 11) is -3.80. The number of hydrogen-bond acceptors (Lipinski definition) is 5. The molecule has 1 saturated heterocycles. The molecule has 0 radical (unpaired) electrons. The predicted octanol–water partition coefficient (Wildman–Crippen LogP) is 0.809. The number of nitrogens with one attached hydrogen (secondary N) is 1. The van der Waals surface area contributed by atoms with Crippen LogP contribution in [-0.2, 0) is 19.0 Å². The molecular formula is C11H13NO5S. The second-order valence-electron chi connectivity index (χ2n) is 3.96. The van der Waals surface area contributed by atoms with Gasteiger partial charge in [0, 0.05) is 0 Å². The molecule has 1 aliphatic heterocycles. The van der Waals surface area contributed by atoms with Crippen LogP contribution in [0.5, 0.6) is 0 Å². The standard InChI is InChI=1S/C11H13NO5S/c1-8-2-4-10(5-3-8)18(14,15)16-7-9-6-12-11(13)17-9/h2-5,9H,6-7H2,1H3,(H,12,13). The van der Waals surface area contributed by atoms with Crippen molar-refractivity contribution in [3.05, 3.63) is 29.8 Å². The van der Waals surface area contributed by atoms with Crippen molar-refractivity contribution in [1.82, 2.24) is 5.32 Å². The van der Waals surface area contributed by atoms with Crippen LogP contribution in [-0.4, -0.2) is 33.8 Å². The van der Waals surface area contributed by atoms with Gasteiger partial charge in [0.1, 0.15) is 12.7 Å². The van der Waals surface area contributed by atoms with Gasteiger partial charge in [-0.05, 0) is 19.1 Å². The van der Waals surface area contributed by atoms with Gasteiger partial charge < -0.3 is 10.1 Å². The number of ether oxygens (including phenoxy) is 1. The van der Waals surface area contributed by atoms with E-state index in [1.165, 1.54) is 12.1 Å². The number of benzene rings is 1. The number of alkyl carbamates (subject to hydrolysis) is 1. The van der Waals surface area contributed by atoms with E-state index >= 15 is 0 Å². The lowest BCUT2D eigenvalue weighted by Gasteiger charge is -2.09. The molecule has 0 aromatic heterocycles. The fourth-order valence-corrected chi connectivity index (χ4v) is 2.40. The van der Waals surface area contributed by atoms with E-state index in [-0.39, 0.29) is 18.0 Å². The Hall–Kier alpha value is -1.60. The number of aryl methyl sites for hydroxylation is 1. The second-order valence-corrected chi connectivity index (χ2v) is 5.58. The minimum Gasteiger partial charge on any atom is -0.442 e. The summed E-state index contributed by atoms with van der Waals surface area (Å²) in [5, 5.41) is 2.42. The summed E-state index contributed by atoms with van der Waals surface area (Å²) >= 11 is 0. The van der Waals surface area contributed by atoms with Crippen molar-refractivity contribution in [2.75, 3.05) is 13.2 Å². The molecule has 98 valence electrons. The molecular weight excluding hydrogens is 258 g/mol. The molecule has 1 aromatic carbocycles. The van der Waals surface area contributed by atoms with Crippen LogP contribution in [0.3, 0.4) is 0 Å². The number of rotatable bonds is 4. The van der Waals surface area contributed by atoms with E-state index in [2.05, 4.69) is 5.32 Å². The summed E-state index contributed by atoms with van der Waals surface area (Å²) in [4.78, 5) is 10.8. The van der Waals surface area contributed by atoms with Crippen LogP contribution in [0.25, 0.3) is 0 Å². The van der Waals surface area contributed by atoms with Crippen LogP contribution in [0.2, 0.25) is 0 Å². The first-order valence-corrected chi connectivity index (χ1v) is 6.79. The molecule has 1 N–H and O–H groups in total. The smallest absolute Gasteiger partial charge is 0.407 e. The van der Waals surface area contributed by atoms with Crippen molar-refractivity contribution < 1.29 is 22.1 Å². The summed E-state index contributed by atoms with van der Waals surface area (Å²) in [5.41, 5.74) is 0.961. The third-order valence-electron chi connectivity index (χ3n) is 2.47. The molecule has 1 unspecified atom stereocenters. The maximum absolute atomic E-state index is 11.8. The summed E-state index contributed by atoms with van der Waals surface area (Å²) in [5.74, 6) is 0. The molecule has 2 rings (SSSR count). The Balaban J connectivity index is 1.99. The monoisotopic (exact) mass is 271 g/mol. The number of carbonyl (C=O) groups excluding carboxylic acids is 1. The van der Waals surface area contributed by atoms with Gasteiger partial charge in [0.05, 0.1) is 11.4 Å². The first-order chi connectivity index (χ1) is 8.47. The van der Waals surface area contributed by atoms with Crippen LogP contribution in [0.15, 0.2) is 29.2 Å². The number of cyclic esters (lactones) is 1. The zero-order chi connectivity index (χ0) is 13.2. The fraction of sp³-hybridized carbons (Fsp3) is 0.364. The normalized spacial score (nSPS) is 19.4. The topological polar surface area (TPSA) is 81.7 Å². The maximum atomic E-state index is 11.8. The van der Waals surface area contributed by atoms with Crippen molar-refractivity contribution >= 4 is 16.2 Å². The molecule has 7 heteroatoms. The number of hydrogen-bond donors (Lipinski definition) is 1. The van der Waals surface area contributed by atoms with E-state index in [1.54, 1.807) is 12.1 Å². The van der Waals surface area contributed by atoms with Gasteiger partial charge in [-0.25, -0.2) is 4.79 Å². The average Bonchev–Trinajstić information content (AvgIpc) is 2.73. The Bertz CT molecular complexity index is 537. The van der Waals surface area contributed by atoms with E-state index in [0.29, 0.717) is 0 Å². The summed E-state index contributed by atoms with van der Waals surface area (Å²) in [6.45, 7) is 1.93. The SMILES string of the molecule is Cc1ccc(S(=O)(=O)OCC2CNC(=O)O2)cc1. The lowest BCUT2D eigenvalue weighted by Crippen LogP contribution is -2.22. The van der Waals surface area contributed by atoms with Gasteiger partial charge in [-0.2, -0.15) is 8.42 Å². The Morgan fingerprint density at radius 2 is 2.06 bits per heavy atom. The van der Waals surface area contributed by atoms with Gasteiger partial charge >= 0.3 is 6.09 Å². The van der Waals surface area contributed by atoms with E-state index in [0.717, 1.165) is 5.56 Å². The number of carbonyl (C=O) groups is 1. The highest BCUT2D eigenvalue weighted by atomic mass is 32.2. The molecule has 0 aliphatic carbocycles. The maximum Gasteiger partial charge on any atom is 0.407 e. The second kappa shape index (κ2) is 4.95. The van der Waals surface area contributed by atoms with Crippen LogP contribution in [0.4, 0.5) is 4.79 Å². The molecule has 18 heavy (non-hydrogen) atoms. The lowest BCUT2D eigenvalue weighted by atomic mass is 10.2. The molecule has 1 atom stereocenters. The van der Waals surface area contributed by atoms with Crippen molar-refractivity contribution in [2.45, 2.75) is 17.9 Å². The molecule has 1 fully saturated rings. The van der Waals surface area contributed by atoms with Crippen molar-refractivity contribution in [2.24, 2.45) is 0 Å². The minimum atomic E-state index is -3.80. The molecule has 1 amide bonds. The van der Waals surface area contributed by atoms with Gasteiger partial charge in [-0.3, -0.25) is 4.18 Å².